The first kappa shape index (κ1) is 81.6. The summed E-state index contributed by atoms with van der Waals surface area (Å²) in [5.74, 6) is -1.91. The van der Waals surface area contributed by atoms with Crippen molar-refractivity contribution in [3.63, 3.8) is 0 Å². The van der Waals surface area contributed by atoms with Gasteiger partial charge in [0.05, 0.1) is 38.8 Å². The van der Waals surface area contributed by atoms with Crippen molar-refractivity contribution in [2.45, 2.75) is 176 Å². The number of likely N-dealkylation sites (tertiary alicyclic amines) is 3. The molecule has 0 bridgehead atoms. The first-order valence-electron chi connectivity index (χ1n) is 37.2. The molecule has 4 saturated heterocycles. The molecule has 5 atom stereocenters. The van der Waals surface area contributed by atoms with Gasteiger partial charge in [-0.2, -0.15) is 13.2 Å². The maximum atomic E-state index is 14.6. The van der Waals surface area contributed by atoms with E-state index >= 15 is 0 Å². The number of anilines is 2. The Hall–Kier alpha value is -7.37. The molecule has 28 heteroatoms. The van der Waals surface area contributed by atoms with Gasteiger partial charge < -0.3 is 40.7 Å². The van der Waals surface area contributed by atoms with Crippen LogP contribution >= 0.6 is 34.7 Å². The number of aliphatic hydroxyl groups is 1. The van der Waals surface area contributed by atoms with Gasteiger partial charge in [-0.05, 0) is 170 Å². The van der Waals surface area contributed by atoms with Gasteiger partial charge in [0.2, 0.25) is 23.6 Å². The number of carbonyl (C=O) groups excluding carboxylic acids is 5. The van der Waals surface area contributed by atoms with E-state index in [2.05, 4.69) is 61.6 Å². The number of amides is 5. The number of hydrogen-bond acceptors (Lipinski definition) is 17. The number of nitrogens with zero attached hydrogens (tertiary/aromatic N) is 6. The molecule has 5 aromatic carbocycles. The zero-order chi connectivity index (χ0) is 77.5. The zero-order valence-corrected chi connectivity index (χ0v) is 66.5. The Morgan fingerprint density at radius 1 is 0.787 bits per heavy atom. The highest BCUT2D eigenvalue weighted by Gasteiger charge is 2.50. The van der Waals surface area contributed by atoms with Crippen LogP contribution in [0, 0.1) is 23.2 Å². The molecule has 20 nitrogen and oxygen atoms in total. The van der Waals surface area contributed by atoms with Crippen LogP contribution in [0.1, 0.15) is 152 Å². The molecule has 108 heavy (non-hydrogen) atoms. The summed E-state index contributed by atoms with van der Waals surface area (Å²) in [6.07, 6.45) is 6.21. The normalized spacial score (nSPS) is 19.5. The standard InChI is InChI=1S/C80H100ClF3N10O10S4/c1-53(55-18-20-57(21-19-55)72-54(2)85-52-106-72)86-75(99)68-44-63(95)48-94(68)76(100)73(77(3,4)5)88-70(96)16-12-9-13-17-71(97)93-38-35-79(36-39-93)50-91(51-79)37-33-61(49-105-64-14-10-8-11-15-64)87-67-31-30-65(45-69(67)107(101,102)80(82,83)84)108(103,104)89-74(98)58-24-28-62(29-25-58)92-42-40-90(41-43-92)47-59-46-78(6,7)34-32-66(59)56-22-26-60(81)27-23-56/h8,10-11,14-15,18-31,45,52-53,61,63,68,73,87,95H,9,12-13,16-17,32-44,46-51H2,1-7H3,(H,86,99)(H,88,96)(H,89,98)/t53-,61+,63+,68-,73?/m0/s1. The smallest absolute Gasteiger partial charge is 0.391 e. The number of aryl methyl sites for hydroxylation is 1. The van der Waals surface area contributed by atoms with E-state index in [0.717, 1.165) is 109 Å². The highest BCUT2D eigenvalue weighted by atomic mass is 35.5. The number of piperidine rings is 1. The van der Waals surface area contributed by atoms with Crippen LogP contribution in [-0.4, -0.2) is 184 Å². The van der Waals surface area contributed by atoms with Crippen LogP contribution in [0.2, 0.25) is 5.02 Å². The number of benzene rings is 5. The van der Waals surface area contributed by atoms with Crippen LogP contribution in [0.3, 0.4) is 0 Å². The second-order valence-electron chi connectivity index (χ2n) is 31.6. The van der Waals surface area contributed by atoms with Crippen molar-refractivity contribution in [3.8, 4) is 10.4 Å². The molecule has 582 valence electrons. The summed E-state index contributed by atoms with van der Waals surface area (Å²) in [6.45, 7) is 20.8. The maximum absolute atomic E-state index is 14.6. The lowest BCUT2D eigenvalue weighted by Crippen LogP contribution is -2.61. The molecule has 5 aliphatic rings. The van der Waals surface area contributed by atoms with Crippen LogP contribution in [0.25, 0.3) is 16.0 Å². The number of halogens is 4. The summed E-state index contributed by atoms with van der Waals surface area (Å²) in [7, 11) is -11.1. The molecule has 5 amide bonds. The third-order valence-corrected chi connectivity index (χ3v) is 27.0. The molecular formula is C80H100ClF3N10O10S4. The quantitative estimate of drug-likeness (QED) is 0.0226. The lowest BCUT2D eigenvalue weighted by atomic mass is 9.72. The number of thiazole rings is 1. The molecule has 5 heterocycles. The van der Waals surface area contributed by atoms with Gasteiger partial charge in [-0.25, -0.2) is 26.5 Å². The van der Waals surface area contributed by atoms with Gasteiger partial charge >= 0.3 is 5.51 Å². The average molecular weight is 1580 g/mol. The Bertz CT molecular complexity index is 4440. The van der Waals surface area contributed by atoms with Gasteiger partial charge in [0, 0.05) is 124 Å². The number of hydrogen-bond donors (Lipinski definition) is 5. The highest BCUT2D eigenvalue weighted by Crippen LogP contribution is 2.45. The van der Waals surface area contributed by atoms with Crippen molar-refractivity contribution in [1.29, 1.82) is 0 Å². The number of sulfone groups is 1. The fourth-order valence-corrected chi connectivity index (χ4v) is 19.4. The summed E-state index contributed by atoms with van der Waals surface area (Å²) < 4.78 is 101. The predicted molar refractivity (Wildman–Crippen MR) is 419 cm³/mol. The number of rotatable bonds is 28. The number of sulfonamides is 1. The van der Waals surface area contributed by atoms with Gasteiger partial charge in [-0.1, -0.05) is 113 Å². The Morgan fingerprint density at radius 3 is 2.10 bits per heavy atom. The molecule has 1 aliphatic carbocycles. The summed E-state index contributed by atoms with van der Waals surface area (Å²) in [4.78, 5) is 83.0. The Labute approximate surface area is 646 Å². The van der Waals surface area contributed by atoms with Gasteiger partial charge in [0.25, 0.3) is 25.8 Å². The lowest BCUT2D eigenvalue weighted by Gasteiger charge is -2.54. The summed E-state index contributed by atoms with van der Waals surface area (Å²) >= 11 is 9.21. The first-order chi connectivity index (χ1) is 51.1. The largest absolute Gasteiger partial charge is 0.501 e. The van der Waals surface area contributed by atoms with Crippen LogP contribution in [0.4, 0.5) is 24.5 Å². The minimum Gasteiger partial charge on any atom is -0.391 e. The molecule has 1 aromatic heterocycles. The van der Waals surface area contributed by atoms with E-state index in [1.807, 2.05) is 111 Å². The van der Waals surface area contributed by atoms with Gasteiger partial charge in [-0.15, -0.1) is 23.1 Å². The molecular weight excluding hydrogens is 1480 g/mol. The number of nitrogens with one attached hydrogen (secondary N) is 4. The van der Waals surface area contributed by atoms with E-state index in [9.17, 15) is 59.1 Å². The maximum Gasteiger partial charge on any atom is 0.501 e. The molecule has 0 radical (unpaired) electrons. The molecule has 1 spiro atoms. The van der Waals surface area contributed by atoms with E-state index in [4.69, 9.17) is 11.6 Å². The monoisotopic (exact) mass is 1580 g/mol. The number of unbranched alkanes of at least 4 members (excludes halogenated alkanes) is 2. The van der Waals surface area contributed by atoms with Crippen LogP contribution < -0.4 is 25.6 Å². The Balaban J connectivity index is 0.633. The van der Waals surface area contributed by atoms with Gasteiger partial charge in [-0.3, -0.25) is 28.9 Å². The third-order valence-electron chi connectivity index (χ3n) is 21.7. The van der Waals surface area contributed by atoms with E-state index in [1.54, 1.807) is 29.0 Å². The molecule has 11 rings (SSSR count). The average Bonchev–Trinajstić information content (AvgIpc) is 1.04. The van der Waals surface area contributed by atoms with Gasteiger partial charge in [0.1, 0.15) is 17.0 Å². The summed E-state index contributed by atoms with van der Waals surface area (Å²) in [5.41, 5.74) is 2.59. The second-order valence-corrected chi connectivity index (χ2v) is 37.5. The molecule has 0 saturated carbocycles. The Morgan fingerprint density at radius 2 is 1.45 bits per heavy atom. The molecule has 1 unspecified atom stereocenters. The number of thioether (sulfide) groups is 1. The van der Waals surface area contributed by atoms with Crippen molar-refractivity contribution < 1.29 is 59.1 Å². The number of alkyl halides is 3. The predicted octanol–water partition coefficient (Wildman–Crippen LogP) is 13.2. The number of carbonyl (C=O) groups is 5. The van der Waals surface area contributed by atoms with Crippen LogP contribution in [-0.2, 0) is 39.0 Å². The van der Waals surface area contributed by atoms with Crippen molar-refractivity contribution in [2.75, 3.05) is 88.0 Å². The number of aromatic nitrogens is 1. The fraction of sp³-hybridized carbons (Fsp3) is 0.500. The second kappa shape index (κ2) is 34.5. The zero-order valence-electron chi connectivity index (χ0n) is 62.4. The van der Waals surface area contributed by atoms with E-state index in [1.165, 1.54) is 45.5 Å². The number of piperazine rings is 1. The lowest BCUT2D eigenvalue weighted by molar-refractivity contribution is -0.144. The third kappa shape index (κ3) is 20.4. The SMILES string of the molecule is Cc1ncsc1-c1ccc([C@H](C)NC(=O)[C@@H]2C[C@@H](O)CN2C(=O)C(NC(=O)CCCCCC(=O)N2CCC3(CC2)CN(CC[C@H](CSc2ccccc2)Nc2ccc(S(=O)(=O)NC(=O)c4ccc(N5CCN(CC6=C(c7ccc(Cl)cc7)CCC(C)(C)C6)CC5)cc4)cc2S(=O)(=O)C(F)(F)F)C3)C(C)(C)C)cc1. The molecule has 4 aliphatic heterocycles. The Kier molecular flexibility index (Phi) is 26.1. The fourth-order valence-electron chi connectivity index (χ4n) is 15.4. The summed E-state index contributed by atoms with van der Waals surface area (Å²) in [6, 6.07) is 31.1. The number of allylic oxidation sites excluding steroid dienone is 1. The van der Waals surface area contributed by atoms with Crippen LogP contribution in [0.15, 0.2) is 147 Å². The highest BCUT2D eigenvalue weighted by molar-refractivity contribution is 7.99. The number of β-amino-alcohol motifs (C(OH)–C–C–N with tert-alkyl or cyclic N) is 1. The number of aliphatic hydroxyl groups excluding tert-OH is 1. The molecule has 6 aromatic rings. The van der Waals surface area contributed by atoms with Crippen molar-refractivity contribution in [3.05, 3.63) is 160 Å². The topological polar surface area (TPSA) is 251 Å². The van der Waals surface area contributed by atoms with Crippen molar-refractivity contribution in [1.82, 2.24) is 39.9 Å². The van der Waals surface area contributed by atoms with E-state index in [-0.39, 0.29) is 53.6 Å². The minimum atomic E-state index is -6.16. The van der Waals surface area contributed by atoms with E-state index < -0.39 is 88.2 Å². The minimum absolute atomic E-state index is 0.0245. The van der Waals surface area contributed by atoms with Crippen molar-refractivity contribution >= 4 is 101 Å². The van der Waals surface area contributed by atoms with Gasteiger partial charge in [0.15, 0.2) is 0 Å². The van der Waals surface area contributed by atoms with Crippen molar-refractivity contribution in [2.24, 2.45) is 16.2 Å². The van der Waals surface area contributed by atoms with Crippen LogP contribution in [0.5, 0.6) is 0 Å². The summed E-state index contributed by atoms with van der Waals surface area (Å²) in [5, 5.41) is 20.5. The first-order valence-corrected chi connectivity index (χ1v) is 42.4. The molecule has 5 N–H and O–H groups in total. The molecule has 4 fully saturated rings. The van der Waals surface area contributed by atoms with E-state index in [0.29, 0.717) is 81.7 Å².